The molecule has 3 rings (SSSR count). The number of carbonyl (C=O) groups excluding carboxylic acids is 1. The highest BCUT2D eigenvalue weighted by Crippen LogP contribution is 2.15. The number of carbonyl (C=O) groups is 1. The van der Waals surface area contributed by atoms with E-state index in [1.54, 1.807) is 0 Å². The molecule has 0 saturated heterocycles. The highest BCUT2D eigenvalue weighted by Gasteiger charge is 2.06. The second-order valence-corrected chi connectivity index (χ2v) is 4.86. The van der Waals surface area contributed by atoms with Crippen LogP contribution >= 0.6 is 0 Å². The van der Waals surface area contributed by atoms with Gasteiger partial charge in [0.2, 0.25) is 0 Å². The number of rotatable bonds is 3. The van der Waals surface area contributed by atoms with Crippen LogP contribution in [0.15, 0.2) is 60.8 Å². The van der Waals surface area contributed by atoms with E-state index in [1.807, 2.05) is 72.4 Å². The first kappa shape index (κ1) is 12.5. The average molecular weight is 264 g/mol. The monoisotopic (exact) mass is 264 g/mol. The number of nitrogens with one attached hydrogen (secondary N) is 1. The van der Waals surface area contributed by atoms with Crippen LogP contribution in [0.3, 0.4) is 0 Å². The molecule has 0 unspecified atom stereocenters. The number of fused-ring (bicyclic) bond motifs is 1. The lowest BCUT2D eigenvalue weighted by Gasteiger charge is -2.07. The third kappa shape index (κ3) is 2.43. The van der Waals surface area contributed by atoms with Gasteiger partial charge in [0.25, 0.3) is 5.91 Å². The molecule has 0 aliphatic rings. The third-order valence-electron chi connectivity index (χ3n) is 3.49. The topological polar surface area (TPSA) is 34.0 Å². The maximum Gasteiger partial charge on any atom is 0.251 e. The molecule has 1 amide bonds. The van der Waals surface area contributed by atoms with Crippen molar-refractivity contribution in [3.63, 3.8) is 0 Å². The van der Waals surface area contributed by atoms with Gasteiger partial charge in [-0.1, -0.05) is 30.3 Å². The Morgan fingerprint density at radius 2 is 1.85 bits per heavy atom. The molecule has 1 heterocycles. The first-order valence-electron chi connectivity index (χ1n) is 6.61. The van der Waals surface area contributed by atoms with E-state index in [4.69, 9.17) is 0 Å². The van der Waals surface area contributed by atoms with Crippen LogP contribution in [0.4, 0.5) is 0 Å². The summed E-state index contributed by atoms with van der Waals surface area (Å²) >= 11 is 0. The Hall–Kier alpha value is -2.55. The van der Waals surface area contributed by atoms with Crippen molar-refractivity contribution in [2.24, 2.45) is 7.05 Å². The maximum atomic E-state index is 12.2. The number of benzene rings is 2. The Bertz CT molecular complexity index is 758. The first-order valence-corrected chi connectivity index (χ1v) is 6.61. The summed E-state index contributed by atoms with van der Waals surface area (Å²) < 4.78 is 2.00. The van der Waals surface area contributed by atoms with Crippen LogP contribution in [-0.2, 0) is 13.6 Å². The molecule has 1 aromatic heterocycles. The van der Waals surface area contributed by atoms with Gasteiger partial charge in [0.15, 0.2) is 0 Å². The number of amides is 1. The van der Waals surface area contributed by atoms with E-state index in [2.05, 4.69) is 5.32 Å². The molecule has 1 N–H and O–H groups in total. The summed E-state index contributed by atoms with van der Waals surface area (Å²) in [6.07, 6.45) is 1.97. The maximum absolute atomic E-state index is 12.2. The van der Waals surface area contributed by atoms with E-state index in [0.717, 1.165) is 16.5 Å². The fraction of sp³-hybridized carbons (Fsp3) is 0.118. The van der Waals surface area contributed by atoms with Gasteiger partial charge in [-0.25, -0.2) is 0 Å². The summed E-state index contributed by atoms with van der Waals surface area (Å²) in [5.74, 6) is -0.0445. The van der Waals surface area contributed by atoms with Gasteiger partial charge in [0.05, 0.1) is 6.54 Å². The first-order chi connectivity index (χ1) is 9.74. The number of hydrogen-bond acceptors (Lipinski definition) is 1. The molecule has 0 bridgehead atoms. The minimum absolute atomic E-state index is 0.0445. The molecule has 0 fully saturated rings. The lowest BCUT2D eigenvalue weighted by Crippen LogP contribution is -2.23. The van der Waals surface area contributed by atoms with Crippen molar-refractivity contribution in [2.45, 2.75) is 6.54 Å². The van der Waals surface area contributed by atoms with Gasteiger partial charge in [0.1, 0.15) is 0 Å². The minimum Gasteiger partial charge on any atom is -0.353 e. The molecule has 0 aliphatic carbocycles. The van der Waals surface area contributed by atoms with Crippen LogP contribution in [-0.4, -0.2) is 10.5 Å². The number of aryl methyl sites for hydroxylation is 1. The number of aromatic nitrogens is 1. The Kier molecular flexibility index (Phi) is 3.25. The van der Waals surface area contributed by atoms with Crippen LogP contribution < -0.4 is 5.32 Å². The van der Waals surface area contributed by atoms with E-state index in [1.165, 1.54) is 0 Å². The Balaban J connectivity index is 1.77. The molecule has 0 aliphatic heterocycles. The van der Waals surface area contributed by atoms with Gasteiger partial charge in [-0.3, -0.25) is 4.79 Å². The van der Waals surface area contributed by atoms with Gasteiger partial charge < -0.3 is 9.88 Å². The molecular formula is C17H16N2O. The molecule has 3 heteroatoms. The molecule has 0 radical (unpaired) electrons. The van der Waals surface area contributed by atoms with Crippen molar-refractivity contribution in [2.75, 3.05) is 0 Å². The van der Waals surface area contributed by atoms with E-state index < -0.39 is 0 Å². The third-order valence-corrected chi connectivity index (χ3v) is 3.49. The van der Waals surface area contributed by atoms with Gasteiger partial charge in [-0.2, -0.15) is 0 Å². The van der Waals surface area contributed by atoms with E-state index in [-0.39, 0.29) is 5.91 Å². The van der Waals surface area contributed by atoms with E-state index >= 15 is 0 Å². The highest BCUT2D eigenvalue weighted by molar-refractivity contribution is 5.98. The second-order valence-electron chi connectivity index (χ2n) is 4.86. The molecule has 0 atom stereocenters. The SMILES string of the molecule is Cn1cccc1CNC(=O)c1ccc2ccccc2c1. The summed E-state index contributed by atoms with van der Waals surface area (Å²) in [6.45, 7) is 0.537. The quantitative estimate of drug-likeness (QED) is 0.775. The average Bonchev–Trinajstić information content (AvgIpc) is 2.89. The van der Waals surface area contributed by atoms with Crippen LogP contribution in [0, 0.1) is 0 Å². The zero-order valence-corrected chi connectivity index (χ0v) is 11.3. The summed E-state index contributed by atoms with van der Waals surface area (Å²) in [5, 5.41) is 5.17. The number of nitrogens with zero attached hydrogens (tertiary/aromatic N) is 1. The second kappa shape index (κ2) is 5.21. The Labute approximate surface area is 117 Å². The van der Waals surface area contributed by atoms with Gasteiger partial charge in [-0.05, 0) is 35.0 Å². The van der Waals surface area contributed by atoms with Crippen molar-refractivity contribution in [1.29, 1.82) is 0 Å². The molecule has 0 saturated carbocycles. The predicted molar refractivity (Wildman–Crippen MR) is 80.5 cm³/mol. The van der Waals surface area contributed by atoms with Crippen molar-refractivity contribution < 1.29 is 4.79 Å². The Morgan fingerprint density at radius 3 is 2.60 bits per heavy atom. The summed E-state index contributed by atoms with van der Waals surface area (Å²) in [6, 6.07) is 17.8. The van der Waals surface area contributed by atoms with Crippen molar-refractivity contribution >= 4 is 16.7 Å². The number of hydrogen-bond donors (Lipinski definition) is 1. The summed E-state index contributed by atoms with van der Waals surface area (Å²) in [7, 11) is 1.97. The zero-order chi connectivity index (χ0) is 13.9. The van der Waals surface area contributed by atoms with Gasteiger partial charge in [-0.15, -0.1) is 0 Å². The van der Waals surface area contributed by atoms with Crippen LogP contribution in [0.2, 0.25) is 0 Å². The molecular weight excluding hydrogens is 248 g/mol. The molecule has 2 aromatic carbocycles. The van der Waals surface area contributed by atoms with Crippen LogP contribution in [0.5, 0.6) is 0 Å². The molecule has 3 aromatic rings. The standard InChI is InChI=1S/C17H16N2O/c1-19-10-4-7-16(19)12-18-17(20)15-9-8-13-5-2-3-6-14(13)11-15/h2-11H,12H2,1H3,(H,18,20). The molecule has 0 spiro atoms. The molecule has 20 heavy (non-hydrogen) atoms. The summed E-state index contributed by atoms with van der Waals surface area (Å²) in [4.78, 5) is 12.2. The van der Waals surface area contributed by atoms with Gasteiger partial charge >= 0.3 is 0 Å². The summed E-state index contributed by atoms with van der Waals surface area (Å²) in [5.41, 5.74) is 1.78. The minimum atomic E-state index is -0.0445. The fourth-order valence-electron chi connectivity index (χ4n) is 2.28. The predicted octanol–water partition coefficient (Wildman–Crippen LogP) is 3.11. The Morgan fingerprint density at radius 1 is 1.05 bits per heavy atom. The van der Waals surface area contributed by atoms with E-state index in [9.17, 15) is 4.79 Å². The molecule has 3 nitrogen and oxygen atoms in total. The highest BCUT2D eigenvalue weighted by atomic mass is 16.1. The largest absolute Gasteiger partial charge is 0.353 e. The lowest BCUT2D eigenvalue weighted by atomic mass is 10.1. The van der Waals surface area contributed by atoms with Crippen LogP contribution in [0.1, 0.15) is 16.1 Å². The fourth-order valence-corrected chi connectivity index (χ4v) is 2.28. The smallest absolute Gasteiger partial charge is 0.251 e. The van der Waals surface area contributed by atoms with Gasteiger partial charge in [0, 0.05) is 24.5 Å². The van der Waals surface area contributed by atoms with Crippen molar-refractivity contribution in [3.05, 3.63) is 72.1 Å². The lowest BCUT2D eigenvalue weighted by molar-refractivity contribution is 0.0950. The normalized spacial score (nSPS) is 10.7. The van der Waals surface area contributed by atoms with E-state index in [0.29, 0.717) is 12.1 Å². The van der Waals surface area contributed by atoms with Crippen LogP contribution in [0.25, 0.3) is 10.8 Å². The van der Waals surface area contributed by atoms with Crippen molar-refractivity contribution in [3.8, 4) is 0 Å². The molecule has 100 valence electrons. The zero-order valence-electron chi connectivity index (χ0n) is 11.3. The van der Waals surface area contributed by atoms with Crippen molar-refractivity contribution in [1.82, 2.24) is 9.88 Å².